The first-order valence-electron chi connectivity index (χ1n) is 11.4. The van der Waals surface area contributed by atoms with Crippen molar-refractivity contribution in [2.75, 3.05) is 33.4 Å². The summed E-state index contributed by atoms with van der Waals surface area (Å²) >= 11 is 0. The summed E-state index contributed by atoms with van der Waals surface area (Å²) in [5.41, 5.74) is 6.32. The maximum absolute atomic E-state index is 9.27. The van der Waals surface area contributed by atoms with E-state index in [1.165, 1.54) is 5.56 Å². The van der Waals surface area contributed by atoms with Gasteiger partial charge in [-0.25, -0.2) is 0 Å². The first-order chi connectivity index (χ1) is 15.8. The fourth-order valence-electron chi connectivity index (χ4n) is 5.00. The van der Waals surface area contributed by atoms with E-state index in [2.05, 4.69) is 39.3 Å². The number of nitrogens with zero attached hydrogens (tertiary/aromatic N) is 3. The van der Waals surface area contributed by atoms with Gasteiger partial charge in [0.05, 0.1) is 12.3 Å². The third-order valence-corrected chi connectivity index (χ3v) is 6.69. The quantitative estimate of drug-likeness (QED) is 0.441. The minimum absolute atomic E-state index is 0.373. The molecule has 0 bridgehead atoms. The van der Waals surface area contributed by atoms with Gasteiger partial charge in [0.25, 0.3) is 0 Å². The molecule has 1 saturated heterocycles. The summed E-state index contributed by atoms with van der Waals surface area (Å²) in [5.74, 6) is 2.31. The van der Waals surface area contributed by atoms with Crippen LogP contribution in [0.2, 0.25) is 0 Å². The smallest absolute Gasteiger partial charge is 0.142 e. The normalized spacial score (nSPS) is 20.0. The molecular formula is C26H29N3O3. The summed E-state index contributed by atoms with van der Waals surface area (Å²) in [6, 6.07) is 12.6. The van der Waals surface area contributed by atoms with Crippen LogP contribution in [0.4, 0.5) is 0 Å². The number of aryl methyl sites for hydroxylation is 1. The van der Waals surface area contributed by atoms with Crippen LogP contribution in [-0.4, -0.2) is 54.2 Å². The van der Waals surface area contributed by atoms with E-state index < -0.39 is 0 Å². The summed E-state index contributed by atoms with van der Waals surface area (Å²) < 4.78 is 11.8. The van der Waals surface area contributed by atoms with Crippen LogP contribution in [0.5, 0.6) is 0 Å². The van der Waals surface area contributed by atoms with Crippen LogP contribution in [0.1, 0.15) is 42.1 Å². The number of pyridine rings is 1. The lowest BCUT2D eigenvalue weighted by molar-refractivity contribution is 0.125. The number of benzene rings is 1. The highest BCUT2D eigenvalue weighted by Crippen LogP contribution is 2.40. The Balaban J connectivity index is 1.52. The number of ether oxygens (including phenoxy) is 1. The Bertz CT molecular complexity index is 1110. The maximum Gasteiger partial charge on any atom is 0.142 e. The SMILES string of the molecule is COCCN1CCCC(c2cc(-c3ccc4c(c3)CC/C4=N/O)c(-c3ccncc3)o2)C1. The zero-order valence-electron chi connectivity index (χ0n) is 18.5. The molecule has 2 aromatic heterocycles. The van der Waals surface area contributed by atoms with E-state index in [1.54, 1.807) is 19.5 Å². The average Bonchev–Trinajstić information content (AvgIpc) is 3.47. The lowest BCUT2D eigenvalue weighted by Crippen LogP contribution is -2.36. The molecule has 5 rings (SSSR count). The number of hydrogen-bond acceptors (Lipinski definition) is 6. The second-order valence-electron chi connectivity index (χ2n) is 8.68. The number of furan rings is 1. The number of likely N-dealkylation sites (tertiary alicyclic amines) is 1. The van der Waals surface area contributed by atoms with Crippen molar-refractivity contribution in [2.24, 2.45) is 5.16 Å². The van der Waals surface area contributed by atoms with E-state index in [9.17, 15) is 5.21 Å². The molecule has 6 nitrogen and oxygen atoms in total. The largest absolute Gasteiger partial charge is 0.460 e. The van der Waals surface area contributed by atoms with Gasteiger partial charge < -0.3 is 19.3 Å². The zero-order valence-corrected chi connectivity index (χ0v) is 18.5. The standard InChI is InChI=1S/C26H29N3O3/c1-31-14-13-29-12-2-3-21(17-29)25-16-23(26(32-25)18-8-10-27-11-9-18)20-4-6-22-19(15-20)5-7-24(22)28-30/h4,6,8-11,15-16,21,30H,2-3,5,7,12-14,17H2,1H3/b28-24-. The molecule has 2 aliphatic rings. The Morgan fingerprint density at radius 2 is 2.00 bits per heavy atom. The van der Waals surface area contributed by atoms with Gasteiger partial charge in [-0.15, -0.1) is 0 Å². The molecule has 0 radical (unpaired) electrons. The van der Waals surface area contributed by atoms with Crippen molar-refractivity contribution in [3.63, 3.8) is 0 Å². The number of methoxy groups -OCH3 is 1. The third kappa shape index (κ3) is 4.08. The summed E-state index contributed by atoms with van der Waals surface area (Å²) in [6.45, 7) is 3.82. The molecule has 3 heterocycles. The molecule has 1 atom stereocenters. The second-order valence-corrected chi connectivity index (χ2v) is 8.68. The topological polar surface area (TPSA) is 71.1 Å². The molecular weight excluding hydrogens is 402 g/mol. The summed E-state index contributed by atoms with van der Waals surface area (Å²) in [7, 11) is 1.76. The van der Waals surface area contributed by atoms with Crippen molar-refractivity contribution >= 4 is 5.71 Å². The van der Waals surface area contributed by atoms with Crippen LogP contribution in [0, 0.1) is 0 Å². The maximum atomic E-state index is 9.27. The Kier molecular flexibility index (Phi) is 6.06. The summed E-state index contributed by atoms with van der Waals surface area (Å²) in [6.07, 6.45) is 7.59. The van der Waals surface area contributed by atoms with Crippen molar-refractivity contribution in [1.29, 1.82) is 0 Å². The Morgan fingerprint density at radius 1 is 1.12 bits per heavy atom. The van der Waals surface area contributed by atoms with E-state index in [4.69, 9.17) is 9.15 Å². The minimum Gasteiger partial charge on any atom is -0.460 e. The zero-order chi connectivity index (χ0) is 21.9. The molecule has 0 amide bonds. The highest BCUT2D eigenvalue weighted by atomic mass is 16.5. The molecule has 3 aromatic rings. The number of hydrogen-bond donors (Lipinski definition) is 1. The summed E-state index contributed by atoms with van der Waals surface area (Å²) in [4.78, 5) is 6.65. The molecule has 6 heteroatoms. The van der Waals surface area contributed by atoms with Crippen LogP contribution in [0.15, 0.2) is 58.4 Å². The molecule has 1 N–H and O–H groups in total. The highest BCUT2D eigenvalue weighted by molar-refractivity contribution is 6.04. The molecule has 1 aromatic carbocycles. The molecule has 0 spiro atoms. The van der Waals surface area contributed by atoms with E-state index in [0.717, 1.165) is 91.4 Å². The molecule has 1 unspecified atom stereocenters. The highest BCUT2D eigenvalue weighted by Gasteiger charge is 2.27. The fourth-order valence-corrected chi connectivity index (χ4v) is 5.00. The number of rotatable bonds is 6. The number of fused-ring (bicyclic) bond motifs is 1. The van der Waals surface area contributed by atoms with Crippen LogP contribution in [0.3, 0.4) is 0 Å². The third-order valence-electron chi connectivity index (χ3n) is 6.69. The van der Waals surface area contributed by atoms with Crippen LogP contribution < -0.4 is 0 Å². The van der Waals surface area contributed by atoms with E-state index in [1.807, 2.05) is 12.1 Å². The van der Waals surface area contributed by atoms with Crippen molar-refractivity contribution in [1.82, 2.24) is 9.88 Å². The van der Waals surface area contributed by atoms with Gasteiger partial charge in [-0.2, -0.15) is 0 Å². The van der Waals surface area contributed by atoms with Gasteiger partial charge in [0.15, 0.2) is 0 Å². The predicted octanol–water partition coefficient (Wildman–Crippen LogP) is 4.96. The Hall–Kier alpha value is -2.96. The predicted molar refractivity (Wildman–Crippen MR) is 124 cm³/mol. The van der Waals surface area contributed by atoms with Crippen LogP contribution in [0.25, 0.3) is 22.5 Å². The second kappa shape index (κ2) is 9.27. The summed E-state index contributed by atoms with van der Waals surface area (Å²) in [5, 5.41) is 12.7. The van der Waals surface area contributed by atoms with Gasteiger partial charge >= 0.3 is 0 Å². The van der Waals surface area contributed by atoms with Gasteiger partial charge in [-0.1, -0.05) is 23.4 Å². The molecule has 1 aliphatic carbocycles. The first-order valence-corrected chi connectivity index (χ1v) is 11.4. The van der Waals surface area contributed by atoms with Crippen molar-refractivity contribution < 1.29 is 14.4 Å². The molecule has 32 heavy (non-hydrogen) atoms. The van der Waals surface area contributed by atoms with Gasteiger partial charge in [0.2, 0.25) is 0 Å². The number of aromatic nitrogens is 1. The molecule has 0 saturated carbocycles. The Morgan fingerprint density at radius 3 is 2.81 bits per heavy atom. The van der Waals surface area contributed by atoms with E-state index in [-0.39, 0.29) is 0 Å². The first kappa shape index (κ1) is 20.9. The number of piperidine rings is 1. The Labute approximate surface area is 188 Å². The van der Waals surface area contributed by atoms with Crippen molar-refractivity contribution in [3.05, 3.63) is 65.7 Å². The van der Waals surface area contributed by atoms with Crippen molar-refractivity contribution in [2.45, 2.75) is 31.6 Å². The molecule has 166 valence electrons. The number of oxime groups is 1. The van der Waals surface area contributed by atoms with Gasteiger partial charge in [-0.3, -0.25) is 4.98 Å². The van der Waals surface area contributed by atoms with Crippen molar-refractivity contribution in [3.8, 4) is 22.5 Å². The molecule has 1 fully saturated rings. The average molecular weight is 432 g/mol. The van der Waals surface area contributed by atoms with Crippen LogP contribution in [-0.2, 0) is 11.2 Å². The van der Waals surface area contributed by atoms with E-state index in [0.29, 0.717) is 5.92 Å². The van der Waals surface area contributed by atoms with Crippen LogP contribution >= 0.6 is 0 Å². The monoisotopic (exact) mass is 431 g/mol. The van der Waals surface area contributed by atoms with Gasteiger partial charge in [-0.05, 0) is 61.6 Å². The van der Waals surface area contributed by atoms with Gasteiger partial charge in [0, 0.05) is 55.2 Å². The van der Waals surface area contributed by atoms with E-state index >= 15 is 0 Å². The van der Waals surface area contributed by atoms with Gasteiger partial charge in [0.1, 0.15) is 11.5 Å². The molecule has 1 aliphatic heterocycles. The minimum atomic E-state index is 0.373. The lowest BCUT2D eigenvalue weighted by Gasteiger charge is -2.31. The fraction of sp³-hybridized carbons (Fsp3) is 0.385. The lowest BCUT2D eigenvalue weighted by atomic mass is 9.93.